The Labute approximate surface area is 159 Å². The fraction of sp³-hybridized carbons (Fsp3) is 0.400. The van der Waals surface area contributed by atoms with E-state index in [9.17, 15) is 13.6 Å². The van der Waals surface area contributed by atoms with Gasteiger partial charge in [0, 0.05) is 11.8 Å². The monoisotopic (exact) mass is 384 g/mol. The molecule has 5 rings (SSSR count). The van der Waals surface area contributed by atoms with Gasteiger partial charge in [0.2, 0.25) is 0 Å². The predicted octanol–water partition coefficient (Wildman–Crippen LogP) is 3.50. The van der Waals surface area contributed by atoms with Crippen LogP contribution in [0.25, 0.3) is 11.3 Å². The van der Waals surface area contributed by atoms with Crippen molar-refractivity contribution in [2.24, 2.45) is 5.41 Å². The van der Waals surface area contributed by atoms with Crippen molar-refractivity contribution < 1.29 is 13.3 Å². The molecule has 1 aromatic carbocycles. The van der Waals surface area contributed by atoms with Crippen LogP contribution in [0.3, 0.4) is 0 Å². The number of H-pyrrole nitrogens is 1. The predicted molar refractivity (Wildman–Crippen MR) is 95.6 cm³/mol. The van der Waals surface area contributed by atoms with E-state index in [4.69, 9.17) is 0 Å². The van der Waals surface area contributed by atoms with E-state index in [-0.39, 0.29) is 28.0 Å². The zero-order chi connectivity index (χ0) is 19.7. The van der Waals surface area contributed by atoms with Gasteiger partial charge < -0.3 is 0 Å². The van der Waals surface area contributed by atoms with E-state index >= 15 is 0 Å². The Bertz CT molecular complexity index is 1130. The number of fused-ring (bicyclic) bond motifs is 5. The summed E-state index contributed by atoms with van der Waals surface area (Å²) in [5, 5.41) is 12.4. The van der Waals surface area contributed by atoms with E-state index in [2.05, 4.69) is 38.7 Å². The Hall–Kier alpha value is -2.90. The van der Waals surface area contributed by atoms with Crippen molar-refractivity contribution in [1.82, 2.24) is 20.3 Å². The summed E-state index contributed by atoms with van der Waals surface area (Å²) in [4.78, 5) is 14.0. The van der Waals surface area contributed by atoms with Crippen LogP contribution in [0.15, 0.2) is 33.6 Å². The number of hydrogen-bond donors (Lipinski definition) is 1. The number of aromatic nitrogens is 4. The van der Waals surface area contributed by atoms with Gasteiger partial charge in [0.05, 0.1) is 17.0 Å². The van der Waals surface area contributed by atoms with Crippen molar-refractivity contribution in [3.8, 4) is 11.3 Å². The molecule has 0 aliphatic heterocycles. The molecule has 1 saturated carbocycles. The SMILES string of the molecule is CC1(C)[C@H]2CCC1(Cc1noc(=O)[nH]1)c1nnc(-c3c(F)cccc3F)cc12. The molecule has 1 N–H and O–H groups in total. The van der Waals surface area contributed by atoms with Crippen LogP contribution in [0, 0.1) is 17.0 Å². The van der Waals surface area contributed by atoms with Gasteiger partial charge in [-0.3, -0.25) is 9.51 Å². The van der Waals surface area contributed by atoms with Crippen molar-refractivity contribution in [3.05, 3.63) is 63.5 Å². The van der Waals surface area contributed by atoms with Gasteiger partial charge in [-0.1, -0.05) is 25.1 Å². The molecule has 1 fully saturated rings. The first-order valence-electron chi connectivity index (χ1n) is 9.21. The van der Waals surface area contributed by atoms with E-state index in [0.717, 1.165) is 24.1 Å². The molecule has 1 unspecified atom stereocenters. The minimum absolute atomic E-state index is 0.159. The Morgan fingerprint density at radius 3 is 2.68 bits per heavy atom. The maximum absolute atomic E-state index is 14.2. The normalized spacial score (nSPS) is 24.5. The molecule has 2 aliphatic carbocycles. The van der Waals surface area contributed by atoms with Gasteiger partial charge in [-0.25, -0.2) is 13.6 Å². The molecule has 2 aromatic heterocycles. The Balaban J connectivity index is 1.66. The van der Waals surface area contributed by atoms with Gasteiger partial charge in [-0.15, -0.1) is 0 Å². The number of rotatable bonds is 3. The first kappa shape index (κ1) is 17.2. The summed E-state index contributed by atoms with van der Waals surface area (Å²) in [5.41, 5.74) is 1.28. The maximum Gasteiger partial charge on any atom is 0.438 e. The minimum Gasteiger partial charge on any atom is -0.296 e. The second-order valence-electron chi connectivity index (χ2n) is 8.24. The second kappa shape index (κ2) is 5.56. The molecule has 3 aromatic rings. The third-order valence-electron chi connectivity index (χ3n) is 6.79. The molecule has 2 heterocycles. The topological polar surface area (TPSA) is 84.7 Å². The summed E-state index contributed by atoms with van der Waals surface area (Å²) in [5.74, 6) is -1.26. The Kier molecular flexibility index (Phi) is 3.42. The van der Waals surface area contributed by atoms with Crippen molar-refractivity contribution in [2.45, 2.75) is 44.4 Å². The molecule has 144 valence electrons. The average molecular weight is 384 g/mol. The molecule has 2 atom stereocenters. The summed E-state index contributed by atoms with van der Waals surface area (Å²) in [7, 11) is 0. The molecule has 0 spiro atoms. The number of benzene rings is 1. The van der Waals surface area contributed by atoms with Crippen LogP contribution in [-0.2, 0) is 11.8 Å². The number of nitrogens with zero attached hydrogens (tertiary/aromatic N) is 3. The van der Waals surface area contributed by atoms with E-state index in [1.807, 2.05) is 0 Å². The van der Waals surface area contributed by atoms with Crippen molar-refractivity contribution in [3.63, 3.8) is 0 Å². The molecule has 2 aliphatic rings. The number of nitrogens with one attached hydrogen (secondary N) is 1. The lowest BCUT2D eigenvalue weighted by Gasteiger charge is -2.37. The van der Waals surface area contributed by atoms with E-state index < -0.39 is 17.4 Å². The highest BCUT2D eigenvalue weighted by Gasteiger charge is 2.63. The zero-order valence-electron chi connectivity index (χ0n) is 15.4. The molecular formula is C20H18F2N4O2. The van der Waals surface area contributed by atoms with Crippen molar-refractivity contribution in [1.29, 1.82) is 0 Å². The van der Waals surface area contributed by atoms with Crippen LogP contribution in [0.1, 0.15) is 49.7 Å². The number of aromatic amines is 1. The summed E-state index contributed by atoms with van der Waals surface area (Å²) >= 11 is 0. The smallest absolute Gasteiger partial charge is 0.296 e. The lowest BCUT2D eigenvalue weighted by Crippen LogP contribution is -2.38. The van der Waals surface area contributed by atoms with Crippen LogP contribution in [0.4, 0.5) is 8.78 Å². The van der Waals surface area contributed by atoms with Crippen LogP contribution >= 0.6 is 0 Å². The van der Waals surface area contributed by atoms with Crippen LogP contribution in [0.2, 0.25) is 0 Å². The maximum atomic E-state index is 14.2. The fourth-order valence-corrected chi connectivity index (χ4v) is 5.31. The molecule has 0 amide bonds. The average Bonchev–Trinajstić information content (AvgIpc) is 3.21. The molecule has 2 bridgehead atoms. The van der Waals surface area contributed by atoms with Gasteiger partial charge in [0.1, 0.15) is 11.6 Å². The molecule has 28 heavy (non-hydrogen) atoms. The molecule has 8 heteroatoms. The lowest BCUT2D eigenvalue weighted by atomic mass is 9.66. The van der Waals surface area contributed by atoms with Gasteiger partial charge in [-0.2, -0.15) is 10.2 Å². The largest absolute Gasteiger partial charge is 0.438 e. The first-order chi connectivity index (χ1) is 13.3. The van der Waals surface area contributed by atoms with Gasteiger partial charge >= 0.3 is 5.76 Å². The first-order valence-corrected chi connectivity index (χ1v) is 9.21. The zero-order valence-corrected chi connectivity index (χ0v) is 15.4. The highest BCUT2D eigenvalue weighted by Crippen LogP contribution is 2.68. The quantitative estimate of drug-likeness (QED) is 0.747. The number of hydrogen-bond acceptors (Lipinski definition) is 5. The summed E-state index contributed by atoms with van der Waals surface area (Å²) < 4.78 is 33.1. The lowest BCUT2D eigenvalue weighted by molar-refractivity contribution is 0.199. The third-order valence-corrected chi connectivity index (χ3v) is 6.79. The summed E-state index contributed by atoms with van der Waals surface area (Å²) in [6.07, 6.45) is 2.26. The van der Waals surface area contributed by atoms with Crippen LogP contribution in [0.5, 0.6) is 0 Å². The third kappa shape index (κ3) is 2.11. The fourth-order valence-electron chi connectivity index (χ4n) is 5.31. The minimum atomic E-state index is -0.661. The molecule has 0 radical (unpaired) electrons. The van der Waals surface area contributed by atoms with Gasteiger partial charge in [0.15, 0.2) is 5.82 Å². The van der Waals surface area contributed by atoms with Gasteiger partial charge in [-0.05, 0) is 47.9 Å². The van der Waals surface area contributed by atoms with Crippen molar-refractivity contribution in [2.75, 3.05) is 0 Å². The molecule has 0 saturated heterocycles. The van der Waals surface area contributed by atoms with E-state index in [1.165, 1.54) is 18.2 Å². The van der Waals surface area contributed by atoms with Crippen molar-refractivity contribution >= 4 is 0 Å². The van der Waals surface area contributed by atoms with Crippen LogP contribution < -0.4 is 5.76 Å². The molecule has 6 nitrogen and oxygen atoms in total. The van der Waals surface area contributed by atoms with Gasteiger partial charge in [0.25, 0.3) is 0 Å². The van der Waals surface area contributed by atoms with E-state index in [0.29, 0.717) is 12.2 Å². The highest BCUT2D eigenvalue weighted by atomic mass is 19.1. The number of halogens is 2. The highest BCUT2D eigenvalue weighted by molar-refractivity contribution is 5.63. The Morgan fingerprint density at radius 2 is 2.00 bits per heavy atom. The summed E-state index contributed by atoms with van der Waals surface area (Å²) in [6, 6.07) is 5.52. The van der Waals surface area contributed by atoms with E-state index in [1.54, 1.807) is 6.07 Å². The Morgan fingerprint density at radius 1 is 1.25 bits per heavy atom. The molecular weight excluding hydrogens is 366 g/mol. The second-order valence-corrected chi connectivity index (χ2v) is 8.24. The summed E-state index contributed by atoms with van der Waals surface area (Å²) in [6.45, 7) is 4.32. The van der Waals surface area contributed by atoms with Crippen LogP contribution in [-0.4, -0.2) is 20.3 Å². The standard InChI is InChI=1S/C20H18F2N4O2/c1-19(2)11-6-7-20(19,9-15-23-18(27)28-26-15)17-10(11)8-14(24-25-17)16-12(21)4-3-5-13(16)22/h3-5,8,11H,6-7,9H2,1-2H3,(H,23,26,27)/t11-,20?/m0/s1.